The van der Waals surface area contributed by atoms with Crippen LogP contribution in [0.15, 0.2) is 23.1 Å². The quantitative estimate of drug-likeness (QED) is 0.931. The van der Waals surface area contributed by atoms with Crippen molar-refractivity contribution in [2.45, 2.75) is 42.4 Å². The lowest BCUT2D eigenvalue weighted by Gasteiger charge is -2.34. The third kappa shape index (κ3) is 3.09. The van der Waals surface area contributed by atoms with E-state index in [1.54, 1.807) is 0 Å². The summed E-state index contributed by atoms with van der Waals surface area (Å²) in [6, 6.07) is 6.00. The summed E-state index contributed by atoms with van der Waals surface area (Å²) in [4.78, 5) is 0.846. The van der Waals surface area contributed by atoms with Crippen LogP contribution < -0.4 is 14.8 Å². The molecular formula is C16H23NO3S. The van der Waals surface area contributed by atoms with Crippen LogP contribution in [0, 0.1) is 5.92 Å². The summed E-state index contributed by atoms with van der Waals surface area (Å²) in [5.74, 6) is 2.11. The molecule has 1 heterocycles. The van der Waals surface area contributed by atoms with E-state index >= 15 is 0 Å². The highest BCUT2D eigenvalue weighted by atomic mass is 32.2. The van der Waals surface area contributed by atoms with Gasteiger partial charge in [0.2, 0.25) is 0 Å². The minimum Gasteiger partial charge on any atom is -0.486 e. The molecule has 0 spiro atoms. The molecule has 1 aliphatic carbocycles. The van der Waals surface area contributed by atoms with Crippen LogP contribution in [0.5, 0.6) is 11.5 Å². The Morgan fingerprint density at radius 3 is 2.71 bits per heavy atom. The van der Waals surface area contributed by atoms with Crippen LogP contribution in [0.2, 0.25) is 0 Å². The normalized spacial score (nSPS) is 29.9. The Morgan fingerprint density at radius 1 is 1.19 bits per heavy atom. The molecule has 4 atom stereocenters. The van der Waals surface area contributed by atoms with Gasteiger partial charge in [-0.1, -0.05) is 6.92 Å². The van der Waals surface area contributed by atoms with Crippen molar-refractivity contribution < 1.29 is 13.7 Å². The van der Waals surface area contributed by atoms with E-state index < -0.39 is 10.8 Å². The Labute approximate surface area is 128 Å². The van der Waals surface area contributed by atoms with Gasteiger partial charge in [-0.25, -0.2) is 0 Å². The zero-order valence-electron chi connectivity index (χ0n) is 12.6. The van der Waals surface area contributed by atoms with Crippen LogP contribution in [-0.4, -0.2) is 35.8 Å². The molecule has 1 saturated carbocycles. The van der Waals surface area contributed by atoms with E-state index in [9.17, 15) is 4.21 Å². The van der Waals surface area contributed by atoms with Crippen LogP contribution in [0.3, 0.4) is 0 Å². The number of rotatable bonds is 3. The molecule has 1 N–H and O–H groups in total. The topological polar surface area (TPSA) is 47.6 Å². The smallest absolute Gasteiger partial charge is 0.162 e. The molecule has 0 aromatic heterocycles. The number of fused-ring (bicyclic) bond motifs is 1. The Kier molecular flexibility index (Phi) is 4.50. The third-order valence-electron chi connectivity index (χ3n) is 4.45. The molecule has 0 amide bonds. The number of ether oxygens (including phenoxy) is 2. The maximum atomic E-state index is 13.0. The van der Waals surface area contributed by atoms with Crippen molar-refractivity contribution in [3.8, 4) is 11.5 Å². The van der Waals surface area contributed by atoms with Gasteiger partial charge >= 0.3 is 0 Å². The van der Waals surface area contributed by atoms with Crippen LogP contribution in [0.1, 0.15) is 26.2 Å². The second-order valence-electron chi connectivity index (χ2n) is 5.95. The highest BCUT2D eigenvalue weighted by Gasteiger charge is 2.33. The molecule has 5 heteroatoms. The largest absolute Gasteiger partial charge is 0.486 e. The van der Waals surface area contributed by atoms with Crippen molar-refractivity contribution in [1.82, 2.24) is 5.32 Å². The molecule has 2 aliphatic rings. The van der Waals surface area contributed by atoms with Crippen LogP contribution in [0.4, 0.5) is 0 Å². The summed E-state index contributed by atoms with van der Waals surface area (Å²) in [6.45, 7) is 3.39. The van der Waals surface area contributed by atoms with Crippen molar-refractivity contribution in [2.24, 2.45) is 5.92 Å². The summed E-state index contributed by atoms with van der Waals surface area (Å²) >= 11 is 0. The monoisotopic (exact) mass is 309 g/mol. The first-order valence-electron chi connectivity index (χ1n) is 7.66. The van der Waals surface area contributed by atoms with Gasteiger partial charge in [-0.3, -0.25) is 4.21 Å². The van der Waals surface area contributed by atoms with Crippen LogP contribution in [-0.2, 0) is 10.8 Å². The van der Waals surface area contributed by atoms with Crippen molar-refractivity contribution in [1.29, 1.82) is 0 Å². The Hall–Kier alpha value is -1.07. The zero-order valence-corrected chi connectivity index (χ0v) is 13.4. The van der Waals surface area contributed by atoms with Gasteiger partial charge in [0.05, 0.1) is 16.0 Å². The molecule has 1 aliphatic heterocycles. The number of nitrogens with one attached hydrogen (secondary N) is 1. The van der Waals surface area contributed by atoms with E-state index in [0.29, 0.717) is 25.2 Å². The molecule has 4 nitrogen and oxygen atoms in total. The molecule has 21 heavy (non-hydrogen) atoms. The maximum Gasteiger partial charge on any atom is 0.162 e. The highest BCUT2D eigenvalue weighted by molar-refractivity contribution is 7.85. The molecule has 4 unspecified atom stereocenters. The average Bonchev–Trinajstić information content (AvgIpc) is 2.53. The SMILES string of the molecule is CNC1CCC(C)CC1S(=O)c1ccc2c(c1)OCCO2. The second-order valence-corrected chi connectivity index (χ2v) is 7.63. The van der Waals surface area contributed by atoms with E-state index in [2.05, 4.69) is 12.2 Å². The lowest BCUT2D eigenvalue weighted by molar-refractivity contribution is 0.171. The standard InChI is InChI=1S/C16H23NO3S/c1-11-3-5-13(17-2)16(9-11)21(18)12-4-6-14-15(10-12)20-8-7-19-14/h4,6,10-11,13,16-17H,3,5,7-9H2,1-2H3. The predicted octanol–water partition coefficient (Wildman–Crippen LogP) is 2.34. The van der Waals surface area contributed by atoms with Crippen molar-refractivity contribution >= 4 is 10.8 Å². The van der Waals surface area contributed by atoms with Gasteiger partial charge in [-0.15, -0.1) is 0 Å². The first-order chi connectivity index (χ1) is 10.2. The summed E-state index contributed by atoms with van der Waals surface area (Å²) in [5, 5.41) is 3.51. The number of hydrogen-bond acceptors (Lipinski definition) is 4. The maximum absolute atomic E-state index is 13.0. The molecule has 1 aromatic rings. The van der Waals surface area contributed by atoms with Crippen molar-refractivity contribution in [2.75, 3.05) is 20.3 Å². The van der Waals surface area contributed by atoms with Gasteiger partial charge in [0, 0.05) is 17.0 Å². The first kappa shape index (κ1) is 14.9. The summed E-state index contributed by atoms with van der Waals surface area (Å²) in [7, 11) is 0.950. The second kappa shape index (κ2) is 6.36. The molecule has 0 bridgehead atoms. The van der Waals surface area contributed by atoms with Crippen LogP contribution >= 0.6 is 0 Å². The van der Waals surface area contributed by atoms with Gasteiger partial charge in [-0.2, -0.15) is 0 Å². The minimum absolute atomic E-state index is 0.168. The van der Waals surface area contributed by atoms with Crippen molar-refractivity contribution in [3.05, 3.63) is 18.2 Å². The van der Waals surface area contributed by atoms with Gasteiger partial charge in [0.25, 0.3) is 0 Å². The van der Waals surface area contributed by atoms with Gasteiger partial charge < -0.3 is 14.8 Å². The molecule has 1 aromatic carbocycles. The van der Waals surface area contributed by atoms with E-state index in [-0.39, 0.29) is 5.25 Å². The van der Waals surface area contributed by atoms with E-state index in [1.165, 1.54) is 6.42 Å². The van der Waals surface area contributed by atoms with Crippen LogP contribution in [0.25, 0.3) is 0 Å². The highest BCUT2D eigenvalue weighted by Crippen LogP contribution is 2.35. The third-order valence-corrected chi connectivity index (χ3v) is 6.24. The lowest BCUT2D eigenvalue weighted by Crippen LogP contribution is -2.44. The number of benzene rings is 1. The Balaban J connectivity index is 1.83. The van der Waals surface area contributed by atoms with Gasteiger partial charge in [0.15, 0.2) is 11.5 Å². The fourth-order valence-electron chi connectivity index (χ4n) is 3.22. The van der Waals surface area contributed by atoms with Gasteiger partial charge in [0.1, 0.15) is 13.2 Å². The molecule has 3 rings (SSSR count). The number of hydrogen-bond donors (Lipinski definition) is 1. The zero-order chi connectivity index (χ0) is 14.8. The van der Waals surface area contributed by atoms with E-state index in [4.69, 9.17) is 9.47 Å². The minimum atomic E-state index is -1.02. The molecule has 0 saturated heterocycles. The summed E-state index contributed by atoms with van der Waals surface area (Å²) in [6.07, 6.45) is 3.31. The fourth-order valence-corrected chi connectivity index (χ4v) is 5.07. The molecule has 0 radical (unpaired) electrons. The average molecular weight is 309 g/mol. The predicted molar refractivity (Wildman–Crippen MR) is 83.5 cm³/mol. The Morgan fingerprint density at radius 2 is 1.95 bits per heavy atom. The Bertz CT molecular complexity index is 534. The molecular weight excluding hydrogens is 286 g/mol. The van der Waals surface area contributed by atoms with E-state index in [0.717, 1.165) is 29.2 Å². The fraction of sp³-hybridized carbons (Fsp3) is 0.625. The summed E-state index contributed by atoms with van der Waals surface area (Å²) < 4.78 is 24.1. The molecule has 1 fully saturated rings. The van der Waals surface area contributed by atoms with E-state index in [1.807, 2.05) is 25.2 Å². The first-order valence-corrected chi connectivity index (χ1v) is 8.88. The van der Waals surface area contributed by atoms with Gasteiger partial charge in [-0.05, 0) is 44.4 Å². The van der Waals surface area contributed by atoms with Crippen molar-refractivity contribution in [3.63, 3.8) is 0 Å². The summed E-state index contributed by atoms with van der Waals surface area (Å²) in [5.41, 5.74) is 0. The molecule has 116 valence electrons. The lowest BCUT2D eigenvalue weighted by atomic mass is 9.87.